The van der Waals surface area contributed by atoms with E-state index in [9.17, 15) is 4.39 Å². The monoisotopic (exact) mass is 273 g/mol. The van der Waals surface area contributed by atoms with Crippen molar-refractivity contribution in [1.29, 1.82) is 0 Å². The second-order valence-electron chi connectivity index (χ2n) is 4.79. The van der Waals surface area contributed by atoms with E-state index < -0.39 is 0 Å². The third kappa shape index (κ3) is 3.15. The maximum atomic E-state index is 13.6. The van der Waals surface area contributed by atoms with Gasteiger partial charge in [-0.2, -0.15) is 0 Å². The molecule has 4 heteroatoms. The molecule has 102 valence electrons. The van der Waals surface area contributed by atoms with Crippen LogP contribution >= 0.6 is 12.4 Å². The van der Waals surface area contributed by atoms with Crippen LogP contribution in [0, 0.1) is 11.7 Å². The Morgan fingerprint density at radius 3 is 2.56 bits per heavy atom. The fourth-order valence-electron chi connectivity index (χ4n) is 2.75. The summed E-state index contributed by atoms with van der Waals surface area (Å²) in [4.78, 5) is 0. The van der Waals surface area contributed by atoms with Gasteiger partial charge in [0, 0.05) is 11.6 Å². The Labute approximate surface area is 114 Å². The SMILES string of the molecule is COc1c(F)cccc1[C@H](N)C1CCCCC1.Cl. The Morgan fingerprint density at radius 2 is 1.94 bits per heavy atom. The summed E-state index contributed by atoms with van der Waals surface area (Å²) in [6.07, 6.45) is 6.04. The Balaban J connectivity index is 0.00000162. The lowest BCUT2D eigenvalue weighted by Gasteiger charge is -2.28. The van der Waals surface area contributed by atoms with Gasteiger partial charge in [-0.15, -0.1) is 12.4 Å². The van der Waals surface area contributed by atoms with E-state index >= 15 is 0 Å². The first-order valence-electron chi connectivity index (χ1n) is 6.32. The molecule has 1 aromatic carbocycles. The number of nitrogens with two attached hydrogens (primary N) is 1. The van der Waals surface area contributed by atoms with Crippen molar-refractivity contribution in [3.05, 3.63) is 29.6 Å². The normalized spacial score (nSPS) is 17.9. The largest absolute Gasteiger partial charge is 0.493 e. The lowest BCUT2D eigenvalue weighted by Crippen LogP contribution is -2.24. The zero-order valence-corrected chi connectivity index (χ0v) is 11.5. The zero-order chi connectivity index (χ0) is 12.3. The van der Waals surface area contributed by atoms with Gasteiger partial charge in [0.15, 0.2) is 11.6 Å². The molecule has 1 atom stereocenters. The van der Waals surface area contributed by atoms with Gasteiger partial charge < -0.3 is 10.5 Å². The van der Waals surface area contributed by atoms with Crippen LogP contribution in [0.3, 0.4) is 0 Å². The standard InChI is InChI=1S/C14H20FNO.ClH/c1-17-14-11(8-5-9-12(14)15)13(16)10-6-3-2-4-7-10;/h5,8-10,13H,2-4,6-7,16H2,1H3;1H/t13-;/m1./s1. The van der Waals surface area contributed by atoms with Gasteiger partial charge in [0.1, 0.15) is 0 Å². The molecular formula is C14H21ClFNO. The van der Waals surface area contributed by atoms with Crippen LogP contribution in [0.15, 0.2) is 18.2 Å². The van der Waals surface area contributed by atoms with Crippen LogP contribution in [0.25, 0.3) is 0 Å². The quantitative estimate of drug-likeness (QED) is 0.908. The van der Waals surface area contributed by atoms with E-state index in [0.717, 1.165) is 18.4 Å². The molecule has 18 heavy (non-hydrogen) atoms. The minimum atomic E-state index is -0.323. The molecule has 2 rings (SSSR count). The number of methoxy groups -OCH3 is 1. The Kier molecular flexibility index (Phi) is 5.89. The minimum absolute atomic E-state index is 0. The molecule has 0 saturated heterocycles. The van der Waals surface area contributed by atoms with Crippen LogP contribution in [-0.2, 0) is 0 Å². The van der Waals surface area contributed by atoms with E-state index in [1.807, 2.05) is 6.07 Å². The molecule has 2 nitrogen and oxygen atoms in total. The van der Waals surface area contributed by atoms with Crippen molar-refractivity contribution in [2.75, 3.05) is 7.11 Å². The summed E-state index contributed by atoms with van der Waals surface area (Å²) in [5, 5.41) is 0. The van der Waals surface area contributed by atoms with Crippen molar-refractivity contribution in [1.82, 2.24) is 0 Å². The fourth-order valence-corrected chi connectivity index (χ4v) is 2.75. The number of benzene rings is 1. The predicted octanol–water partition coefficient (Wildman–Crippen LogP) is 3.84. The molecule has 1 fully saturated rings. The smallest absolute Gasteiger partial charge is 0.165 e. The first-order valence-corrected chi connectivity index (χ1v) is 6.32. The Bertz CT molecular complexity index is 380. The summed E-state index contributed by atoms with van der Waals surface area (Å²) in [5.41, 5.74) is 7.07. The van der Waals surface area contributed by atoms with E-state index in [-0.39, 0.29) is 24.3 Å². The molecule has 0 unspecified atom stereocenters. The summed E-state index contributed by atoms with van der Waals surface area (Å²) < 4.78 is 18.7. The highest BCUT2D eigenvalue weighted by molar-refractivity contribution is 5.85. The summed E-state index contributed by atoms with van der Waals surface area (Å²) >= 11 is 0. The first-order chi connectivity index (χ1) is 8.24. The van der Waals surface area contributed by atoms with Crippen LogP contribution < -0.4 is 10.5 Å². The molecule has 1 saturated carbocycles. The molecular weight excluding hydrogens is 253 g/mol. The predicted molar refractivity (Wildman–Crippen MR) is 73.7 cm³/mol. The average molecular weight is 274 g/mol. The van der Waals surface area contributed by atoms with Gasteiger partial charge in [-0.1, -0.05) is 31.4 Å². The Hall–Kier alpha value is -0.800. The van der Waals surface area contributed by atoms with E-state index in [4.69, 9.17) is 10.5 Å². The third-order valence-electron chi connectivity index (χ3n) is 3.72. The molecule has 1 aliphatic rings. The summed E-state index contributed by atoms with van der Waals surface area (Å²) in [7, 11) is 1.50. The van der Waals surface area contributed by atoms with Crippen molar-refractivity contribution < 1.29 is 9.13 Å². The van der Waals surface area contributed by atoms with Crippen LogP contribution in [0.1, 0.15) is 43.7 Å². The van der Waals surface area contributed by atoms with Crippen LogP contribution in [0.4, 0.5) is 4.39 Å². The van der Waals surface area contributed by atoms with Crippen molar-refractivity contribution in [2.45, 2.75) is 38.1 Å². The molecule has 0 radical (unpaired) electrons. The van der Waals surface area contributed by atoms with E-state index in [1.54, 1.807) is 6.07 Å². The van der Waals surface area contributed by atoms with Gasteiger partial charge in [0.25, 0.3) is 0 Å². The van der Waals surface area contributed by atoms with Gasteiger partial charge in [0.05, 0.1) is 7.11 Å². The van der Waals surface area contributed by atoms with E-state index in [2.05, 4.69) is 0 Å². The average Bonchev–Trinajstić information content (AvgIpc) is 2.38. The lowest BCUT2D eigenvalue weighted by molar-refractivity contribution is 0.298. The van der Waals surface area contributed by atoms with Gasteiger partial charge in [-0.05, 0) is 24.8 Å². The first kappa shape index (κ1) is 15.3. The highest BCUT2D eigenvalue weighted by Crippen LogP contribution is 2.37. The lowest BCUT2D eigenvalue weighted by atomic mass is 9.81. The van der Waals surface area contributed by atoms with Crippen LogP contribution in [-0.4, -0.2) is 7.11 Å². The summed E-state index contributed by atoms with van der Waals surface area (Å²) in [6.45, 7) is 0. The Morgan fingerprint density at radius 1 is 1.28 bits per heavy atom. The molecule has 2 N–H and O–H groups in total. The van der Waals surface area contributed by atoms with Crippen molar-refractivity contribution in [3.8, 4) is 5.75 Å². The fraction of sp³-hybridized carbons (Fsp3) is 0.571. The number of hydrogen-bond donors (Lipinski definition) is 1. The van der Waals surface area contributed by atoms with Gasteiger partial charge >= 0.3 is 0 Å². The van der Waals surface area contributed by atoms with Crippen LogP contribution in [0.2, 0.25) is 0 Å². The number of rotatable bonds is 3. The molecule has 1 aliphatic carbocycles. The van der Waals surface area contributed by atoms with Gasteiger partial charge in [-0.3, -0.25) is 0 Å². The molecule has 0 amide bonds. The number of hydrogen-bond acceptors (Lipinski definition) is 2. The van der Waals surface area contributed by atoms with Crippen molar-refractivity contribution >= 4 is 12.4 Å². The molecule has 0 spiro atoms. The maximum Gasteiger partial charge on any atom is 0.165 e. The van der Waals surface area contributed by atoms with Crippen molar-refractivity contribution in [2.24, 2.45) is 11.7 Å². The second-order valence-corrected chi connectivity index (χ2v) is 4.79. The zero-order valence-electron chi connectivity index (χ0n) is 10.7. The summed E-state index contributed by atoms with van der Waals surface area (Å²) in [5.74, 6) is 0.446. The van der Waals surface area contributed by atoms with E-state index in [0.29, 0.717) is 11.7 Å². The second kappa shape index (κ2) is 6.95. The number of ether oxygens (including phenoxy) is 1. The van der Waals surface area contributed by atoms with E-state index in [1.165, 1.54) is 32.4 Å². The molecule has 0 aliphatic heterocycles. The maximum absolute atomic E-state index is 13.6. The highest BCUT2D eigenvalue weighted by Gasteiger charge is 2.25. The summed E-state index contributed by atoms with van der Waals surface area (Å²) in [6, 6.07) is 4.88. The topological polar surface area (TPSA) is 35.2 Å². The molecule has 0 aromatic heterocycles. The number of para-hydroxylation sites is 1. The van der Waals surface area contributed by atoms with Crippen LogP contribution in [0.5, 0.6) is 5.75 Å². The van der Waals surface area contributed by atoms with Gasteiger partial charge in [0.2, 0.25) is 0 Å². The van der Waals surface area contributed by atoms with Gasteiger partial charge in [-0.25, -0.2) is 4.39 Å². The third-order valence-corrected chi connectivity index (χ3v) is 3.72. The van der Waals surface area contributed by atoms with Crippen molar-refractivity contribution in [3.63, 3.8) is 0 Å². The highest BCUT2D eigenvalue weighted by atomic mass is 35.5. The molecule has 1 aromatic rings. The minimum Gasteiger partial charge on any atom is -0.493 e. The molecule has 0 bridgehead atoms. The number of halogens is 2. The molecule has 0 heterocycles.